The lowest BCUT2D eigenvalue weighted by Gasteiger charge is -2.30. The lowest BCUT2D eigenvalue weighted by molar-refractivity contribution is -0.139. The number of imide groups is 1. The molecule has 1 aliphatic rings. The number of anilines is 1. The number of hydrogen-bond donors (Lipinski definition) is 0. The maximum atomic E-state index is 13.7. The second-order valence-electron chi connectivity index (χ2n) is 11.5. The second kappa shape index (κ2) is 11.1. The quantitative estimate of drug-likeness (QED) is 0.222. The third-order valence-corrected chi connectivity index (χ3v) is 8.25. The van der Waals surface area contributed by atoms with Crippen LogP contribution in [0.3, 0.4) is 0 Å². The minimum atomic E-state index is -0.839. The molecule has 1 aromatic heterocycles. The summed E-state index contributed by atoms with van der Waals surface area (Å²) in [6.07, 6.45) is 0.769. The molecule has 0 bridgehead atoms. The highest BCUT2D eigenvalue weighted by molar-refractivity contribution is 7.21. The van der Waals surface area contributed by atoms with Crippen LogP contribution in [-0.4, -0.2) is 40.2 Å². The molecule has 6 nitrogen and oxygen atoms in total. The van der Waals surface area contributed by atoms with E-state index < -0.39 is 6.04 Å². The first-order valence-electron chi connectivity index (χ1n) is 13.4. The Bertz CT molecular complexity index is 1590. The van der Waals surface area contributed by atoms with E-state index in [9.17, 15) is 14.4 Å². The molecular weight excluding hydrogens is 542 g/mol. The molecule has 3 aromatic carbocycles. The minimum absolute atomic E-state index is 0.0385. The van der Waals surface area contributed by atoms with E-state index in [1.165, 1.54) is 10.5 Å². The fourth-order valence-electron chi connectivity index (χ4n) is 4.99. The van der Waals surface area contributed by atoms with Crippen molar-refractivity contribution in [3.05, 3.63) is 82.9 Å². The summed E-state index contributed by atoms with van der Waals surface area (Å²) in [4.78, 5) is 47.8. The molecule has 3 amide bonds. The van der Waals surface area contributed by atoms with E-state index >= 15 is 0 Å². The van der Waals surface area contributed by atoms with E-state index in [-0.39, 0.29) is 36.0 Å². The van der Waals surface area contributed by atoms with Crippen LogP contribution in [0.1, 0.15) is 44.7 Å². The molecule has 4 aromatic rings. The first kappa shape index (κ1) is 28.0. The van der Waals surface area contributed by atoms with Gasteiger partial charge in [0.1, 0.15) is 11.0 Å². The molecule has 2 heterocycles. The van der Waals surface area contributed by atoms with Crippen molar-refractivity contribution in [2.45, 2.75) is 53.0 Å². The number of aromatic nitrogens is 1. The number of halogens is 1. The van der Waals surface area contributed by atoms with Gasteiger partial charge < -0.3 is 4.90 Å². The maximum absolute atomic E-state index is 13.7. The van der Waals surface area contributed by atoms with Gasteiger partial charge >= 0.3 is 0 Å². The highest BCUT2D eigenvalue weighted by Crippen LogP contribution is 2.33. The monoisotopic (exact) mass is 573 g/mol. The van der Waals surface area contributed by atoms with Crippen LogP contribution in [0.2, 0.25) is 5.02 Å². The maximum Gasteiger partial charge on any atom is 0.257 e. The normalized spacial score (nSPS) is 15.7. The van der Waals surface area contributed by atoms with Crippen LogP contribution in [0, 0.1) is 12.3 Å². The Hall–Kier alpha value is -3.55. The molecular formula is C32H32ClN3O3S. The van der Waals surface area contributed by atoms with E-state index in [0.29, 0.717) is 23.7 Å². The van der Waals surface area contributed by atoms with Gasteiger partial charge in [-0.15, -0.1) is 11.3 Å². The highest BCUT2D eigenvalue weighted by atomic mass is 35.5. The average Bonchev–Trinajstić information content (AvgIpc) is 3.43. The van der Waals surface area contributed by atoms with Gasteiger partial charge in [-0.3, -0.25) is 14.4 Å². The van der Waals surface area contributed by atoms with Crippen LogP contribution in [0.15, 0.2) is 66.7 Å². The summed E-state index contributed by atoms with van der Waals surface area (Å²) in [6.45, 7) is 8.34. The number of carbonyl (C=O) groups excluding carboxylic acids is 3. The number of nitrogens with zero attached hydrogens (tertiary/aromatic N) is 3. The summed E-state index contributed by atoms with van der Waals surface area (Å²) < 4.78 is 1.12. The van der Waals surface area contributed by atoms with E-state index in [2.05, 4.69) is 13.0 Å². The molecule has 5 rings (SSSR count). The number of thiazole rings is 1. The molecule has 0 spiro atoms. The lowest BCUT2D eigenvalue weighted by Crippen LogP contribution is -2.47. The van der Waals surface area contributed by atoms with Gasteiger partial charge in [-0.2, -0.15) is 0 Å². The molecule has 1 fully saturated rings. The van der Waals surface area contributed by atoms with Crippen molar-refractivity contribution in [2.24, 2.45) is 5.41 Å². The first-order valence-corrected chi connectivity index (χ1v) is 14.6. The Kier molecular flexibility index (Phi) is 7.80. The largest absolute Gasteiger partial charge is 0.330 e. The smallest absolute Gasteiger partial charge is 0.257 e. The Morgan fingerprint density at radius 1 is 1.07 bits per heavy atom. The first-order chi connectivity index (χ1) is 19.0. The summed E-state index contributed by atoms with van der Waals surface area (Å²) >= 11 is 7.76. The molecule has 0 aliphatic carbocycles. The van der Waals surface area contributed by atoms with Crippen LogP contribution in [0.25, 0.3) is 20.8 Å². The number of hydrogen-bond acceptors (Lipinski definition) is 5. The Labute approximate surface area is 243 Å². The van der Waals surface area contributed by atoms with Crippen molar-refractivity contribution in [1.82, 2.24) is 9.88 Å². The highest BCUT2D eigenvalue weighted by Gasteiger charge is 2.44. The third kappa shape index (κ3) is 6.11. The summed E-state index contributed by atoms with van der Waals surface area (Å²) in [5, 5.41) is 1.50. The van der Waals surface area contributed by atoms with Gasteiger partial charge in [0.15, 0.2) is 0 Å². The molecule has 0 saturated carbocycles. The number of rotatable bonds is 7. The number of benzene rings is 3. The predicted octanol–water partition coefficient (Wildman–Crippen LogP) is 7.06. The molecule has 1 saturated heterocycles. The molecule has 1 unspecified atom stereocenters. The Morgan fingerprint density at radius 3 is 2.52 bits per heavy atom. The standard InChI is InChI=1S/C32H32ClN3O3S/c1-20-8-13-25-27(16-20)40-30(34-25)22-9-11-24(12-10-22)36-28(37)18-26(31(36)39)35(29(38)19-32(2,3)4)15-14-21-6-5-7-23(33)17-21/h5-13,16-17,26H,14-15,18-19H2,1-4H3. The number of amides is 3. The van der Waals surface area contributed by atoms with Crippen molar-refractivity contribution in [1.29, 1.82) is 0 Å². The zero-order chi connectivity index (χ0) is 28.6. The molecule has 206 valence electrons. The zero-order valence-corrected chi connectivity index (χ0v) is 24.7. The summed E-state index contributed by atoms with van der Waals surface area (Å²) in [5.41, 5.74) is 4.25. The molecule has 0 radical (unpaired) electrons. The van der Waals surface area contributed by atoms with E-state index in [1.807, 2.05) is 63.2 Å². The van der Waals surface area contributed by atoms with Crippen molar-refractivity contribution in [3.63, 3.8) is 0 Å². The van der Waals surface area contributed by atoms with Gasteiger partial charge in [0.05, 0.1) is 22.3 Å². The molecule has 0 N–H and O–H groups in total. The fraction of sp³-hybridized carbons (Fsp3) is 0.312. The van der Waals surface area contributed by atoms with Gasteiger partial charge in [-0.1, -0.05) is 50.6 Å². The predicted molar refractivity (Wildman–Crippen MR) is 162 cm³/mol. The third-order valence-electron chi connectivity index (χ3n) is 6.95. The average molecular weight is 574 g/mol. The summed E-state index contributed by atoms with van der Waals surface area (Å²) in [7, 11) is 0. The molecule has 40 heavy (non-hydrogen) atoms. The number of aryl methyl sites for hydroxylation is 1. The summed E-state index contributed by atoms with van der Waals surface area (Å²) in [5.74, 6) is -0.819. The molecule has 8 heteroatoms. The lowest BCUT2D eigenvalue weighted by atomic mass is 9.91. The van der Waals surface area contributed by atoms with Crippen LogP contribution < -0.4 is 4.90 Å². The molecule has 1 atom stereocenters. The SMILES string of the molecule is Cc1ccc2nc(-c3ccc(N4C(=O)CC(N(CCc5cccc(Cl)c5)C(=O)CC(C)(C)C)C4=O)cc3)sc2c1. The van der Waals surface area contributed by atoms with Crippen molar-refractivity contribution < 1.29 is 14.4 Å². The van der Waals surface area contributed by atoms with Crippen molar-refractivity contribution in [3.8, 4) is 10.6 Å². The fourth-order valence-corrected chi connectivity index (χ4v) is 6.27. The van der Waals surface area contributed by atoms with E-state index in [0.717, 1.165) is 26.4 Å². The van der Waals surface area contributed by atoms with Gasteiger partial charge in [0, 0.05) is 23.6 Å². The van der Waals surface area contributed by atoms with Crippen molar-refractivity contribution >= 4 is 56.6 Å². The van der Waals surface area contributed by atoms with Gasteiger partial charge in [-0.25, -0.2) is 9.88 Å². The van der Waals surface area contributed by atoms with E-state index in [4.69, 9.17) is 16.6 Å². The topological polar surface area (TPSA) is 70.6 Å². The van der Waals surface area contributed by atoms with Crippen LogP contribution >= 0.6 is 22.9 Å². The number of carbonyl (C=O) groups is 3. The second-order valence-corrected chi connectivity index (χ2v) is 13.0. The van der Waals surface area contributed by atoms with Crippen LogP contribution in [-0.2, 0) is 20.8 Å². The van der Waals surface area contributed by atoms with Crippen molar-refractivity contribution in [2.75, 3.05) is 11.4 Å². The zero-order valence-electron chi connectivity index (χ0n) is 23.1. The van der Waals surface area contributed by atoms with Gasteiger partial charge in [0.25, 0.3) is 5.91 Å². The Morgan fingerprint density at radius 2 is 1.82 bits per heavy atom. The summed E-state index contributed by atoms with van der Waals surface area (Å²) in [6, 6.07) is 20.1. The van der Waals surface area contributed by atoms with Crippen LogP contribution in [0.4, 0.5) is 5.69 Å². The number of fused-ring (bicyclic) bond motifs is 1. The van der Waals surface area contributed by atoms with Gasteiger partial charge in [-0.05, 0) is 78.4 Å². The molecule has 1 aliphatic heterocycles. The van der Waals surface area contributed by atoms with Crippen LogP contribution in [0.5, 0.6) is 0 Å². The van der Waals surface area contributed by atoms with Gasteiger partial charge in [0.2, 0.25) is 11.8 Å². The minimum Gasteiger partial charge on any atom is -0.330 e. The van der Waals surface area contributed by atoms with E-state index in [1.54, 1.807) is 34.4 Å². The Balaban J connectivity index is 1.37.